The van der Waals surface area contributed by atoms with Gasteiger partial charge in [-0.15, -0.1) is 0 Å². The van der Waals surface area contributed by atoms with E-state index < -0.39 is 17.7 Å². The van der Waals surface area contributed by atoms with Crippen LogP contribution in [0.4, 0.5) is 8.78 Å². The van der Waals surface area contributed by atoms with Gasteiger partial charge in [0, 0.05) is 0 Å². The Morgan fingerprint density at radius 3 is 2.58 bits per heavy atom. The Morgan fingerprint density at radius 2 is 2.17 bits per heavy atom. The van der Waals surface area contributed by atoms with Crippen molar-refractivity contribution < 1.29 is 8.78 Å². The van der Waals surface area contributed by atoms with Gasteiger partial charge in [-0.3, -0.25) is 4.79 Å². The van der Waals surface area contributed by atoms with Crippen molar-refractivity contribution >= 4 is 11.6 Å². The lowest BCUT2D eigenvalue weighted by Gasteiger charge is -2.01. The van der Waals surface area contributed by atoms with Crippen molar-refractivity contribution in [2.45, 2.75) is 13.3 Å². The van der Waals surface area contributed by atoms with Crippen molar-refractivity contribution in [3.8, 4) is 0 Å². The quantitative estimate of drug-likeness (QED) is 0.729. The number of pyridine rings is 1. The van der Waals surface area contributed by atoms with Gasteiger partial charge in [0.25, 0.3) is 12.0 Å². The minimum Gasteiger partial charge on any atom is -0.320 e. The van der Waals surface area contributed by atoms with E-state index in [1.807, 2.05) is 4.98 Å². The lowest BCUT2D eigenvalue weighted by atomic mass is 10.2. The molecular formula is C7H6ClF2NO. The molecule has 0 radical (unpaired) electrons. The van der Waals surface area contributed by atoms with E-state index in [0.29, 0.717) is 5.56 Å². The highest BCUT2D eigenvalue weighted by Crippen LogP contribution is 2.18. The minimum atomic E-state index is -2.67. The summed E-state index contributed by atoms with van der Waals surface area (Å²) < 4.78 is 24.1. The van der Waals surface area contributed by atoms with E-state index in [2.05, 4.69) is 0 Å². The summed E-state index contributed by atoms with van der Waals surface area (Å²) in [6.45, 7) is 1.50. The highest BCUT2D eigenvalue weighted by Gasteiger charge is 2.10. The zero-order valence-electron chi connectivity index (χ0n) is 6.20. The van der Waals surface area contributed by atoms with Crippen molar-refractivity contribution in [1.29, 1.82) is 0 Å². The van der Waals surface area contributed by atoms with Crippen LogP contribution in [-0.2, 0) is 0 Å². The predicted molar refractivity (Wildman–Crippen MR) is 41.8 cm³/mol. The van der Waals surface area contributed by atoms with Crippen LogP contribution >= 0.6 is 11.6 Å². The molecule has 1 aromatic heterocycles. The van der Waals surface area contributed by atoms with Gasteiger partial charge in [0.15, 0.2) is 0 Å². The fourth-order valence-electron chi connectivity index (χ4n) is 0.815. The van der Waals surface area contributed by atoms with Gasteiger partial charge in [-0.2, -0.15) is 0 Å². The molecule has 0 spiro atoms. The van der Waals surface area contributed by atoms with Gasteiger partial charge >= 0.3 is 0 Å². The minimum absolute atomic E-state index is 0.0422. The standard InChI is InChI=1S/C7H6ClF2NO/c1-3-2-4(6(9)10)11-7(12)5(3)8/h2,6H,1H3,(H,11,12). The van der Waals surface area contributed by atoms with Crippen molar-refractivity contribution in [3.63, 3.8) is 0 Å². The molecule has 12 heavy (non-hydrogen) atoms. The highest BCUT2D eigenvalue weighted by molar-refractivity contribution is 6.31. The molecule has 0 unspecified atom stereocenters. The SMILES string of the molecule is Cc1cc(C(F)F)[nH]c(=O)c1Cl. The number of halogens is 3. The van der Waals surface area contributed by atoms with Crippen molar-refractivity contribution in [1.82, 2.24) is 4.98 Å². The van der Waals surface area contributed by atoms with E-state index in [1.54, 1.807) is 0 Å². The molecule has 0 amide bonds. The molecule has 1 N–H and O–H groups in total. The summed E-state index contributed by atoms with van der Waals surface area (Å²) in [7, 11) is 0. The van der Waals surface area contributed by atoms with Crippen LogP contribution in [-0.4, -0.2) is 4.98 Å². The second kappa shape index (κ2) is 3.23. The molecule has 0 aliphatic rings. The molecule has 0 atom stereocenters. The number of aromatic amines is 1. The number of hydrogen-bond acceptors (Lipinski definition) is 1. The number of H-pyrrole nitrogens is 1. The van der Waals surface area contributed by atoms with Crippen LogP contribution in [0.2, 0.25) is 5.02 Å². The summed E-state index contributed by atoms with van der Waals surface area (Å²) in [6, 6.07) is 1.16. The van der Waals surface area contributed by atoms with Crippen LogP contribution < -0.4 is 5.56 Å². The lowest BCUT2D eigenvalue weighted by molar-refractivity contribution is 0.145. The molecule has 0 fully saturated rings. The van der Waals surface area contributed by atoms with Crippen molar-refractivity contribution in [2.24, 2.45) is 0 Å². The molecule has 1 aromatic rings. The van der Waals surface area contributed by atoms with Gasteiger partial charge in [-0.25, -0.2) is 8.78 Å². The zero-order chi connectivity index (χ0) is 9.30. The van der Waals surface area contributed by atoms with Crippen LogP contribution in [0.3, 0.4) is 0 Å². The van der Waals surface area contributed by atoms with E-state index in [0.717, 1.165) is 6.07 Å². The fourth-order valence-corrected chi connectivity index (χ4v) is 0.917. The van der Waals surface area contributed by atoms with Gasteiger partial charge in [-0.05, 0) is 18.6 Å². The zero-order valence-corrected chi connectivity index (χ0v) is 6.95. The molecule has 0 aromatic carbocycles. The third-order valence-electron chi connectivity index (χ3n) is 1.41. The first-order valence-electron chi connectivity index (χ1n) is 3.20. The molecule has 0 aliphatic carbocycles. The average Bonchev–Trinajstić information content (AvgIpc) is 1.99. The number of hydrogen-bond donors (Lipinski definition) is 1. The second-order valence-electron chi connectivity index (χ2n) is 2.35. The summed E-state index contributed by atoms with van der Waals surface area (Å²) in [5.74, 6) is 0. The first-order chi connectivity index (χ1) is 5.52. The Kier molecular flexibility index (Phi) is 2.47. The second-order valence-corrected chi connectivity index (χ2v) is 2.73. The Balaban J connectivity index is 3.31. The van der Waals surface area contributed by atoms with Gasteiger partial charge in [0.1, 0.15) is 5.02 Å². The van der Waals surface area contributed by atoms with Crippen LogP contribution in [0, 0.1) is 6.92 Å². The van der Waals surface area contributed by atoms with E-state index >= 15 is 0 Å². The van der Waals surface area contributed by atoms with Crippen LogP contribution in [0.1, 0.15) is 17.7 Å². The number of rotatable bonds is 1. The van der Waals surface area contributed by atoms with E-state index in [1.165, 1.54) is 6.92 Å². The Morgan fingerprint density at radius 1 is 1.58 bits per heavy atom. The molecule has 1 rings (SSSR count). The van der Waals surface area contributed by atoms with Crippen LogP contribution in [0.15, 0.2) is 10.9 Å². The molecule has 1 heterocycles. The molecule has 66 valence electrons. The summed E-state index contributed by atoms with van der Waals surface area (Å²) in [5.41, 5.74) is -0.718. The monoisotopic (exact) mass is 193 g/mol. The molecule has 0 saturated heterocycles. The summed E-state index contributed by atoms with van der Waals surface area (Å²) in [4.78, 5) is 12.8. The smallest absolute Gasteiger partial charge is 0.278 e. The largest absolute Gasteiger partial charge is 0.320 e. The molecule has 0 saturated carbocycles. The highest BCUT2D eigenvalue weighted by atomic mass is 35.5. The first kappa shape index (κ1) is 9.19. The topological polar surface area (TPSA) is 32.9 Å². The maximum Gasteiger partial charge on any atom is 0.278 e. The summed E-state index contributed by atoms with van der Waals surface area (Å²) >= 11 is 5.47. The Bertz CT molecular complexity index is 348. The van der Waals surface area contributed by atoms with E-state index in [4.69, 9.17) is 11.6 Å². The fraction of sp³-hybridized carbons (Fsp3) is 0.286. The van der Waals surface area contributed by atoms with Gasteiger partial charge < -0.3 is 4.98 Å². The summed E-state index contributed by atoms with van der Waals surface area (Å²) in [6.07, 6.45) is -2.67. The predicted octanol–water partition coefficient (Wildman–Crippen LogP) is 2.27. The molecule has 0 bridgehead atoms. The van der Waals surface area contributed by atoms with Gasteiger partial charge in [0.2, 0.25) is 0 Å². The lowest BCUT2D eigenvalue weighted by Crippen LogP contribution is -2.10. The number of aromatic nitrogens is 1. The van der Waals surface area contributed by atoms with Crippen LogP contribution in [0.5, 0.6) is 0 Å². The average molecular weight is 194 g/mol. The van der Waals surface area contributed by atoms with E-state index in [-0.39, 0.29) is 5.02 Å². The molecular weight excluding hydrogens is 188 g/mol. The Hall–Kier alpha value is -0.900. The maximum absolute atomic E-state index is 12.0. The van der Waals surface area contributed by atoms with Crippen molar-refractivity contribution in [3.05, 3.63) is 32.7 Å². The third kappa shape index (κ3) is 1.64. The van der Waals surface area contributed by atoms with Crippen molar-refractivity contribution in [2.75, 3.05) is 0 Å². The first-order valence-corrected chi connectivity index (χ1v) is 3.57. The van der Waals surface area contributed by atoms with Gasteiger partial charge in [0.05, 0.1) is 5.69 Å². The number of alkyl halides is 2. The van der Waals surface area contributed by atoms with Crippen LogP contribution in [0.25, 0.3) is 0 Å². The number of nitrogens with one attached hydrogen (secondary N) is 1. The number of aryl methyl sites for hydroxylation is 1. The molecule has 2 nitrogen and oxygen atoms in total. The molecule has 5 heteroatoms. The maximum atomic E-state index is 12.0. The third-order valence-corrected chi connectivity index (χ3v) is 1.88. The normalized spacial score (nSPS) is 10.8. The van der Waals surface area contributed by atoms with E-state index in [9.17, 15) is 13.6 Å². The van der Waals surface area contributed by atoms with Gasteiger partial charge in [-0.1, -0.05) is 11.6 Å². The Labute approximate surface area is 72.2 Å². The molecule has 0 aliphatic heterocycles. The summed E-state index contributed by atoms with van der Waals surface area (Å²) in [5, 5.41) is -0.0422.